The van der Waals surface area contributed by atoms with Crippen molar-refractivity contribution in [3.8, 4) is 11.4 Å². The summed E-state index contributed by atoms with van der Waals surface area (Å²) < 4.78 is 0. The molecular weight excluding hydrogens is 311 g/mol. The molecule has 2 nitrogen and oxygen atoms in total. The molecule has 20 heavy (non-hydrogen) atoms. The SMILES string of the molecule is Clc1ccc(-c2nc(Cl)c3c4c(sc3n2)CCC4)cc1. The summed E-state index contributed by atoms with van der Waals surface area (Å²) in [5.74, 6) is 0.666. The van der Waals surface area contributed by atoms with Crippen LogP contribution in [0.2, 0.25) is 10.2 Å². The zero-order chi connectivity index (χ0) is 13.7. The maximum absolute atomic E-state index is 6.40. The minimum absolute atomic E-state index is 0.569. The van der Waals surface area contributed by atoms with Crippen LogP contribution >= 0.6 is 34.5 Å². The number of nitrogens with zero attached hydrogens (tertiary/aromatic N) is 2. The van der Waals surface area contributed by atoms with E-state index in [1.54, 1.807) is 11.3 Å². The third kappa shape index (κ3) is 1.93. The number of thiophene rings is 1. The summed E-state index contributed by atoms with van der Waals surface area (Å²) in [5, 5.41) is 2.33. The van der Waals surface area contributed by atoms with Gasteiger partial charge < -0.3 is 0 Å². The van der Waals surface area contributed by atoms with E-state index in [4.69, 9.17) is 23.2 Å². The topological polar surface area (TPSA) is 25.8 Å². The molecule has 100 valence electrons. The van der Waals surface area contributed by atoms with Crippen LogP contribution in [-0.4, -0.2) is 9.97 Å². The van der Waals surface area contributed by atoms with Crippen molar-refractivity contribution in [1.82, 2.24) is 9.97 Å². The lowest BCUT2D eigenvalue weighted by Crippen LogP contribution is -1.91. The number of fused-ring (bicyclic) bond motifs is 3. The number of benzene rings is 1. The lowest BCUT2D eigenvalue weighted by atomic mass is 10.2. The van der Waals surface area contributed by atoms with Crippen LogP contribution in [0.3, 0.4) is 0 Å². The van der Waals surface area contributed by atoms with Crippen molar-refractivity contribution in [2.24, 2.45) is 0 Å². The second kappa shape index (κ2) is 4.69. The number of hydrogen-bond donors (Lipinski definition) is 0. The average Bonchev–Trinajstić information content (AvgIpc) is 2.99. The van der Waals surface area contributed by atoms with Gasteiger partial charge in [-0.1, -0.05) is 23.2 Å². The predicted octanol–water partition coefficient (Wildman–Crippen LogP) is 5.15. The van der Waals surface area contributed by atoms with Gasteiger partial charge in [0, 0.05) is 15.5 Å². The standard InChI is InChI=1S/C15H10Cl2N2S/c16-9-6-4-8(5-7-9)14-18-13(17)12-10-2-1-3-11(10)20-15(12)19-14/h4-7H,1-3H2. The van der Waals surface area contributed by atoms with Gasteiger partial charge in [-0.2, -0.15) is 0 Å². The summed E-state index contributed by atoms with van der Waals surface area (Å²) >= 11 is 14.1. The summed E-state index contributed by atoms with van der Waals surface area (Å²) in [5.41, 5.74) is 2.30. The number of halogens is 2. The summed E-state index contributed by atoms with van der Waals surface area (Å²) in [6.07, 6.45) is 3.45. The first-order valence-corrected chi connectivity index (χ1v) is 8.03. The molecule has 0 amide bonds. The summed E-state index contributed by atoms with van der Waals surface area (Å²) in [4.78, 5) is 11.6. The van der Waals surface area contributed by atoms with Gasteiger partial charge in [0.25, 0.3) is 0 Å². The van der Waals surface area contributed by atoms with Crippen LogP contribution in [0.1, 0.15) is 16.9 Å². The molecule has 0 unspecified atom stereocenters. The molecule has 0 saturated carbocycles. The third-order valence-electron chi connectivity index (χ3n) is 3.62. The van der Waals surface area contributed by atoms with Gasteiger partial charge in [-0.05, 0) is 49.1 Å². The third-order valence-corrected chi connectivity index (χ3v) is 5.33. The van der Waals surface area contributed by atoms with Gasteiger partial charge in [0.1, 0.15) is 9.98 Å². The molecule has 2 aromatic heterocycles. The molecule has 0 fully saturated rings. The van der Waals surface area contributed by atoms with Gasteiger partial charge in [-0.3, -0.25) is 0 Å². The van der Waals surface area contributed by atoms with Crippen molar-refractivity contribution in [2.75, 3.05) is 0 Å². The van der Waals surface area contributed by atoms with Gasteiger partial charge in [0.05, 0.1) is 5.39 Å². The molecule has 1 aliphatic carbocycles. The van der Waals surface area contributed by atoms with E-state index in [2.05, 4.69) is 9.97 Å². The molecule has 0 spiro atoms. The first kappa shape index (κ1) is 12.6. The Hall–Kier alpha value is -1.16. The van der Waals surface area contributed by atoms with Crippen molar-refractivity contribution in [3.05, 3.63) is 44.9 Å². The molecule has 0 bridgehead atoms. The highest BCUT2D eigenvalue weighted by molar-refractivity contribution is 7.19. The molecule has 2 heterocycles. The van der Waals surface area contributed by atoms with Crippen LogP contribution in [0.5, 0.6) is 0 Å². The van der Waals surface area contributed by atoms with E-state index in [-0.39, 0.29) is 0 Å². The monoisotopic (exact) mass is 320 g/mol. The Morgan fingerprint density at radius 1 is 1.00 bits per heavy atom. The predicted molar refractivity (Wildman–Crippen MR) is 84.9 cm³/mol. The highest BCUT2D eigenvalue weighted by atomic mass is 35.5. The number of aromatic nitrogens is 2. The van der Waals surface area contributed by atoms with Crippen molar-refractivity contribution in [2.45, 2.75) is 19.3 Å². The molecule has 1 aromatic carbocycles. The molecule has 4 rings (SSSR count). The zero-order valence-electron chi connectivity index (χ0n) is 10.5. The molecule has 3 aromatic rings. The van der Waals surface area contributed by atoms with Crippen LogP contribution in [0.4, 0.5) is 0 Å². The van der Waals surface area contributed by atoms with Gasteiger partial charge in [0.2, 0.25) is 0 Å². The van der Waals surface area contributed by atoms with Crippen LogP contribution < -0.4 is 0 Å². The lowest BCUT2D eigenvalue weighted by Gasteiger charge is -2.03. The smallest absolute Gasteiger partial charge is 0.162 e. The average molecular weight is 321 g/mol. The first-order valence-electron chi connectivity index (χ1n) is 6.46. The molecule has 1 aliphatic rings. The highest BCUT2D eigenvalue weighted by Gasteiger charge is 2.21. The fourth-order valence-corrected chi connectivity index (χ4v) is 4.41. The van der Waals surface area contributed by atoms with Crippen molar-refractivity contribution >= 4 is 44.8 Å². The Labute approximate surface area is 130 Å². The quantitative estimate of drug-likeness (QED) is 0.579. The molecule has 0 aliphatic heterocycles. The normalized spacial score (nSPS) is 13.9. The summed E-state index contributed by atoms with van der Waals surface area (Å²) in [7, 11) is 0. The van der Waals surface area contributed by atoms with E-state index in [1.165, 1.54) is 16.9 Å². The molecule has 0 N–H and O–H groups in total. The number of aryl methyl sites for hydroxylation is 2. The van der Waals surface area contributed by atoms with E-state index >= 15 is 0 Å². The largest absolute Gasteiger partial charge is 0.217 e. The molecule has 0 radical (unpaired) electrons. The van der Waals surface area contributed by atoms with E-state index in [1.807, 2.05) is 24.3 Å². The van der Waals surface area contributed by atoms with Gasteiger partial charge in [-0.25, -0.2) is 9.97 Å². The Kier molecular flexibility index (Phi) is 2.95. The lowest BCUT2D eigenvalue weighted by molar-refractivity contribution is 0.917. The van der Waals surface area contributed by atoms with Gasteiger partial charge in [-0.15, -0.1) is 11.3 Å². The molecule has 5 heteroatoms. The van der Waals surface area contributed by atoms with Crippen molar-refractivity contribution in [1.29, 1.82) is 0 Å². The molecule has 0 atom stereocenters. The second-order valence-corrected chi connectivity index (χ2v) is 6.76. The zero-order valence-corrected chi connectivity index (χ0v) is 12.8. The summed E-state index contributed by atoms with van der Waals surface area (Å²) in [6, 6.07) is 7.52. The maximum Gasteiger partial charge on any atom is 0.162 e. The van der Waals surface area contributed by atoms with Crippen LogP contribution in [-0.2, 0) is 12.8 Å². The Bertz CT molecular complexity index is 809. The maximum atomic E-state index is 6.40. The van der Waals surface area contributed by atoms with E-state index in [0.29, 0.717) is 16.0 Å². The number of rotatable bonds is 1. The Balaban J connectivity index is 1.92. The molecular formula is C15H10Cl2N2S. The van der Waals surface area contributed by atoms with Crippen molar-refractivity contribution < 1.29 is 0 Å². The minimum atomic E-state index is 0.569. The van der Waals surface area contributed by atoms with E-state index in [9.17, 15) is 0 Å². The number of hydrogen-bond acceptors (Lipinski definition) is 3. The van der Waals surface area contributed by atoms with E-state index < -0.39 is 0 Å². The highest BCUT2D eigenvalue weighted by Crippen LogP contribution is 2.40. The van der Waals surface area contributed by atoms with E-state index in [0.717, 1.165) is 28.6 Å². The Morgan fingerprint density at radius 3 is 2.60 bits per heavy atom. The van der Waals surface area contributed by atoms with Crippen LogP contribution in [0.15, 0.2) is 24.3 Å². The summed E-state index contributed by atoms with van der Waals surface area (Å²) in [6.45, 7) is 0. The Morgan fingerprint density at radius 2 is 1.80 bits per heavy atom. The minimum Gasteiger partial charge on any atom is -0.217 e. The van der Waals surface area contributed by atoms with Crippen molar-refractivity contribution in [3.63, 3.8) is 0 Å². The fourth-order valence-electron chi connectivity index (χ4n) is 2.68. The van der Waals surface area contributed by atoms with Crippen LogP contribution in [0, 0.1) is 0 Å². The van der Waals surface area contributed by atoms with Gasteiger partial charge in [0.15, 0.2) is 5.82 Å². The second-order valence-electron chi connectivity index (χ2n) is 4.88. The fraction of sp³-hybridized carbons (Fsp3) is 0.200. The molecule has 0 saturated heterocycles. The first-order chi connectivity index (χ1) is 9.72. The van der Waals surface area contributed by atoms with Gasteiger partial charge >= 0.3 is 0 Å². The van der Waals surface area contributed by atoms with Crippen LogP contribution in [0.25, 0.3) is 21.6 Å².